The van der Waals surface area contributed by atoms with E-state index in [0.29, 0.717) is 31.5 Å². The number of hydrogen-bond donors (Lipinski definition) is 1. The molecule has 1 aliphatic rings. The lowest BCUT2D eigenvalue weighted by molar-refractivity contribution is -0.134. The number of aryl methyl sites for hydroxylation is 1. The number of hydrogen-bond acceptors (Lipinski definition) is 2. The molecule has 1 fully saturated rings. The van der Waals surface area contributed by atoms with Crippen LogP contribution in [-0.4, -0.2) is 29.9 Å². The zero-order valence-electron chi connectivity index (χ0n) is 15.0. The van der Waals surface area contributed by atoms with Crippen molar-refractivity contribution in [1.29, 1.82) is 0 Å². The fraction of sp³-hybridized carbons (Fsp3) is 0.381. The second-order valence-electron chi connectivity index (χ2n) is 6.96. The van der Waals surface area contributed by atoms with Gasteiger partial charge in [0, 0.05) is 31.0 Å². The number of rotatable bonds is 5. The molecule has 140 valence electrons. The Morgan fingerprint density at radius 3 is 2.50 bits per heavy atom. The van der Waals surface area contributed by atoms with Crippen molar-refractivity contribution in [3.8, 4) is 0 Å². The summed E-state index contributed by atoms with van der Waals surface area (Å²) in [6.45, 7) is 3.17. The fourth-order valence-electron chi connectivity index (χ4n) is 3.57. The Hall–Kier alpha value is -1.91. The summed E-state index contributed by atoms with van der Waals surface area (Å²) in [5.74, 6) is -0.0371. The minimum atomic E-state index is -0.200. The van der Waals surface area contributed by atoms with Crippen molar-refractivity contribution in [2.75, 3.05) is 13.1 Å². The predicted molar refractivity (Wildman–Crippen MR) is 105 cm³/mol. The van der Waals surface area contributed by atoms with E-state index in [9.17, 15) is 9.18 Å². The molecule has 1 aliphatic heterocycles. The summed E-state index contributed by atoms with van der Waals surface area (Å²) in [5.41, 5.74) is 8.13. The molecule has 0 aromatic heterocycles. The van der Waals surface area contributed by atoms with Crippen molar-refractivity contribution in [3.63, 3.8) is 0 Å². The molecule has 1 unspecified atom stereocenters. The molecular weight excluding hydrogens is 351 g/mol. The molecule has 1 amide bonds. The van der Waals surface area contributed by atoms with Gasteiger partial charge in [-0.3, -0.25) is 4.79 Å². The summed E-state index contributed by atoms with van der Waals surface area (Å²) >= 11 is 0. The third kappa shape index (κ3) is 4.63. The summed E-state index contributed by atoms with van der Waals surface area (Å²) in [7, 11) is 0. The van der Waals surface area contributed by atoms with Gasteiger partial charge in [0.05, 0.1) is 0 Å². The zero-order chi connectivity index (χ0) is 17.8. The fourth-order valence-corrected chi connectivity index (χ4v) is 3.57. The van der Waals surface area contributed by atoms with Gasteiger partial charge in [0.15, 0.2) is 0 Å². The first-order valence-electron chi connectivity index (χ1n) is 8.89. The number of benzene rings is 2. The van der Waals surface area contributed by atoms with Crippen LogP contribution in [0.15, 0.2) is 54.6 Å². The van der Waals surface area contributed by atoms with E-state index in [1.165, 1.54) is 11.6 Å². The van der Waals surface area contributed by atoms with Gasteiger partial charge in [-0.2, -0.15) is 0 Å². The summed E-state index contributed by atoms with van der Waals surface area (Å²) in [5, 5.41) is 0. The highest BCUT2D eigenvalue weighted by Gasteiger charge is 2.35. The van der Waals surface area contributed by atoms with Crippen LogP contribution in [0, 0.1) is 11.7 Å². The molecule has 3 nitrogen and oxygen atoms in total. The van der Waals surface area contributed by atoms with Crippen LogP contribution < -0.4 is 5.73 Å². The number of likely N-dealkylation sites (tertiary alicyclic amines) is 1. The van der Waals surface area contributed by atoms with Crippen molar-refractivity contribution in [3.05, 3.63) is 71.5 Å². The van der Waals surface area contributed by atoms with Crippen LogP contribution in [0.4, 0.5) is 4.39 Å². The molecule has 5 heteroatoms. The first kappa shape index (κ1) is 20.4. The largest absolute Gasteiger partial charge is 0.340 e. The average molecular weight is 377 g/mol. The molecule has 2 aromatic rings. The van der Waals surface area contributed by atoms with Crippen LogP contribution in [-0.2, 0) is 11.2 Å². The van der Waals surface area contributed by atoms with Crippen LogP contribution >= 0.6 is 12.4 Å². The second-order valence-corrected chi connectivity index (χ2v) is 6.96. The van der Waals surface area contributed by atoms with Crippen molar-refractivity contribution in [2.45, 2.75) is 31.7 Å². The number of amides is 1. The third-order valence-corrected chi connectivity index (χ3v) is 5.13. The lowest BCUT2D eigenvalue weighted by atomic mass is 9.95. The molecule has 26 heavy (non-hydrogen) atoms. The van der Waals surface area contributed by atoms with Crippen molar-refractivity contribution in [2.24, 2.45) is 11.7 Å². The van der Waals surface area contributed by atoms with Gasteiger partial charge in [-0.25, -0.2) is 4.39 Å². The predicted octanol–water partition coefficient (Wildman–Crippen LogP) is 3.77. The van der Waals surface area contributed by atoms with E-state index < -0.39 is 0 Å². The summed E-state index contributed by atoms with van der Waals surface area (Å²) in [4.78, 5) is 14.6. The van der Waals surface area contributed by atoms with E-state index in [1.54, 1.807) is 12.1 Å². The molecule has 0 radical (unpaired) electrons. The maximum atomic E-state index is 13.7. The molecule has 1 heterocycles. The van der Waals surface area contributed by atoms with Gasteiger partial charge < -0.3 is 10.6 Å². The van der Waals surface area contributed by atoms with E-state index in [4.69, 9.17) is 5.73 Å². The molecule has 0 spiro atoms. The Morgan fingerprint density at radius 2 is 1.81 bits per heavy atom. The molecule has 0 saturated carbocycles. The number of nitrogens with zero attached hydrogens (tertiary/aromatic N) is 1. The summed E-state index contributed by atoms with van der Waals surface area (Å²) in [6, 6.07) is 16.9. The number of carbonyl (C=O) groups excluding carboxylic acids is 1. The first-order chi connectivity index (χ1) is 12.1. The Balaban J connectivity index is 0.00000243. The topological polar surface area (TPSA) is 46.3 Å². The van der Waals surface area contributed by atoms with Crippen LogP contribution in [0.3, 0.4) is 0 Å². The standard InChI is InChI=1S/C21H25FN2O.ClH/c1-15(11-12-17-9-5-6-10-19(17)22)21(25)24-13-18(20(23)14-24)16-7-3-2-4-8-16;/h2-10,15,18,20H,11-14,23H2,1H3;1H/t15?,18-,20+;/m0./s1. The van der Waals surface area contributed by atoms with Crippen LogP contribution in [0.2, 0.25) is 0 Å². The maximum absolute atomic E-state index is 13.7. The van der Waals surface area contributed by atoms with Gasteiger partial charge in [-0.15, -0.1) is 12.4 Å². The normalized spacial score (nSPS) is 20.5. The molecule has 3 atom stereocenters. The van der Waals surface area contributed by atoms with E-state index in [-0.39, 0.29) is 42.0 Å². The minimum Gasteiger partial charge on any atom is -0.340 e. The Labute approximate surface area is 160 Å². The average Bonchev–Trinajstić information content (AvgIpc) is 3.02. The molecule has 3 rings (SSSR count). The van der Waals surface area contributed by atoms with Gasteiger partial charge >= 0.3 is 0 Å². The Morgan fingerprint density at radius 1 is 1.15 bits per heavy atom. The Kier molecular flexibility index (Phi) is 7.18. The number of nitrogens with two attached hydrogens (primary N) is 1. The third-order valence-electron chi connectivity index (χ3n) is 5.13. The molecule has 0 aliphatic carbocycles. The highest BCUT2D eigenvalue weighted by Crippen LogP contribution is 2.28. The second kappa shape index (κ2) is 9.15. The maximum Gasteiger partial charge on any atom is 0.225 e. The van der Waals surface area contributed by atoms with E-state index >= 15 is 0 Å². The first-order valence-corrected chi connectivity index (χ1v) is 8.89. The number of halogens is 2. The highest BCUT2D eigenvalue weighted by atomic mass is 35.5. The molecule has 2 N–H and O–H groups in total. The van der Waals surface area contributed by atoms with Gasteiger partial charge in [-0.05, 0) is 30.0 Å². The lowest BCUT2D eigenvalue weighted by Gasteiger charge is -2.21. The van der Waals surface area contributed by atoms with Crippen LogP contribution in [0.5, 0.6) is 0 Å². The molecular formula is C21H26ClFN2O. The van der Waals surface area contributed by atoms with Crippen LogP contribution in [0.1, 0.15) is 30.4 Å². The quantitative estimate of drug-likeness (QED) is 0.863. The zero-order valence-corrected chi connectivity index (χ0v) is 15.8. The van der Waals surface area contributed by atoms with E-state index in [2.05, 4.69) is 12.1 Å². The molecule has 2 aromatic carbocycles. The summed E-state index contributed by atoms with van der Waals surface area (Å²) < 4.78 is 13.7. The van der Waals surface area contributed by atoms with Gasteiger partial charge in [-0.1, -0.05) is 55.5 Å². The Bertz CT molecular complexity index is 725. The van der Waals surface area contributed by atoms with E-state index in [0.717, 1.165) is 0 Å². The van der Waals surface area contributed by atoms with Crippen molar-refractivity contribution in [1.82, 2.24) is 4.90 Å². The van der Waals surface area contributed by atoms with Gasteiger partial charge in [0.2, 0.25) is 5.91 Å². The SMILES string of the molecule is CC(CCc1ccccc1F)C(=O)N1C[C@@H](N)[C@H](c2ccccc2)C1.Cl. The van der Waals surface area contributed by atoms with Crippen LogP contribution in [0.25, 0.3) is 0 Å². The van der Waals surface area contributed by atoms with Gasteiger partial charge in [0.1, 0.15) is 5.82 Å². The molecule has 0 bridgehead atoms. The molecule has 1 saturated heterocycles. The van der Waals surface area contributed by atoms with Crippen molar-refractivity contribution >= 4 is 18.3 Å². The number of carbonyl (C=O) groups is 1. The van der Waals surface area contributed by atoms with E-state index in [1.807, 2.05) is 36.1 Å². The minimum absolute atomic E-state index is 0. The van der Waals surface area contributed by atoms with Gasteiger partial charge in [0.25, 0.3) is 0 Å². The highest BCUT2D eigenvalue weighted by molar-refractivity contribution is 5.85. The lowest BCUT2D eigenvalue weighted by Crippen LogP contribution is -2.35. The van der Waals surface area contributed by atoms with Crippen molar-refractivity contribution < 1.29 is 9.18 Å². The smallest absolute Gasteiger partial charge is 0.225 e. The summed E-state index contributed by atoms with van der Waals surface area (Å²) in [6.07, 6.45) is 1.21. The monoisotopic (exact) mass is 376 g/mol.